The number of carbonyl (C=O) groups is 1. The third-order valence-electron chi connectivity index (χ3n) is 2.36. The standard InChI is InChI=1S/C10H15N3OS2/c14-9(12-10-11-2-6-16-10)8-13-3-1-5-15-7-4-13/h2,6H,1,3-5,7-8H2,(H,11,12,14). The van der Waals surface area contributed by atoms with Crippen molar-refractivity contribution in [3.05, 3.63) is 11.6 Å². The Labute approximate surface area is 103 Å². The number of carbonyl (C=O) groups excluding carboxylic acids is 1. The van der Waals surface area contributed by atoms with Crippen LogP contribution in [0.15, 0.2) is 11.6 Å². The number of hydrogen-bond donors (Lipinski definition) is 1. The molecule has 0 saturated carbocycles. The molecule has 0 atom stereocenters. The molecule has 16 heavy (non-hydrogen) atoms. The molecular formula is C10H15N3OS2. The largest absolute Gasteiger partial charge is 0.301 e. The van der Waals surface area contributed by atoms with Crippen LogP contribution in [0.25, 0.3) is 0 Å². The van der Waals surface area contributed by atoms with E-state index in [1.54, 1.807) is 6.20 Å². The van der Waals surface area contributed by atoms with Gasteiger partial charge in [0.15, 0.2) is 5.13 Å². The zero-order valence-electron chi connectivity index (χ0n) is 9.02. The number of anilines is 1. The highest BCUT2D eigenvalue weighted by Gasteiger charge is 2.13. The number of aromatic nitrogens is 1. The van der Waals surface area contributed by atoms with Crippen molar-refractivity contribution in [1.29, 1.82) is 0 Å². The molecule has 0 aromatic carbocycles. The minimum absolute atomic E-state index is 0.0434. The Kier molecular flexibility index (Phi) is 4.62. The second-order valence-electron chi connectivity index (χ2n) is 3.63. The van der Waals surface area contributed by atoms with Gasteiger partial charge in [0.1, 0.15) is 0 Å². The van der Waals surface area contributed by atoms with Gasteiger partial charge in [0.2, 0.25) is 5.91 Å². The summed E-state index contributed by atoms with van der Waals surface area (Å²) in [5.74, 6) is 2.39. The van der Waals surface area contributed by atoms with Crippen LogP contribution < -0.4 is 5.32 Å². The van der Waals surface area contributed by atoms with Crippen LogP contribution in [0.4, 0.5) is 5.13 Å². The Morgan fingerprint density at radius 1 is 1.50 bits per heavy atom. The molecule has 1 N–H and O–H groups in total. The van der Waals surface area contributed by atoms with E-state index in [-0.39, 0.29) is 5.91 Å². The van der Waals surface area contributed by atoms with Crippen molar-refractivity contribution in [2.24, 2.45) is 0 Å². The molecule has 1 aromatic heterocycles. The van der Waals surface area contributed by atoms with Gasteiger partial charge in [-0.1, -0.05) is 0 Å². The van der Waals surface area contributed by atoms with Crippen LogP contribution >= 0.6 is 23.1 Å². The average Bonchev–Trinajstić information content (AvgIpc) is 2.62. The lowest BCUT2D eigenvalue weighted by Gasteiger charge is -2.17. The molecule has 6 heteroatoms. The molecule has 1 aliphatic heterocycles. The van der Waals surface area contributed by atoms with Crippen LogP contribution in [-0.4, -0.2) is 46.9 Å². The van der Waals surface area contributed by atoms with Crippen molar-refractivity contribution in [3.8, 4) is 0 Å². The maximum atomic E-state index is 11.7. The van der Waals surface area contributed by atoms with E-state index in [0.717, 1.165) is 18.8 Å². The van der Waals surface area contributed by atoms with Crippen molar-refractivity contribution in [2.45, 2.75) is 6.42 Å². The number of nitrogens with one attached hydrogen (secondary N) is 1. The molecule has 1 saturated heterocycles. The van der Waals surface area contributed by atoms with Gasteiger partial charge in [-0.25, -0.2) is 4.98 Å². The zero-order chi connectivity index (χ0) is 11.2. The highest BCUT2D eigenvalue weighted by molar-refractivity contribution is 7.99. The fourth-order valence-electron chi connectivity index (χ4n) is 1.60. The minimum atomic E-state index is 0.0434. The molecule has 0 radical (unpaired) electrons. The van der Waals surface area contributed by atoms with Crippen LogP contribution in [-0.2, 0) is 4.79 Å². The van der Waals surface area contributed by atoms with Gasteiger partial charge in [-0.3, -0.25) is 9.69 Å². The molecule has 1 aliphatic rings. The topological polar surface area (TPSA) is 45.2 Å². The van der Waals surface area contributed by atoms with E-state index in [9.17, 15) is 4.79 Å². The SMILES string of the molecule is O=C(CN1CCCSCC1)Nc1nccs1. The Hall–Kier alpha value is -0.590. The first-order valence-electron chi connectivity index (χ1n) is 5.34. The summed E-state index contributed by atoms with van der Waals surface area (Å²) in [6.07, 6.45) is 2.87. The van der Waals surface area contributed by atoms with Gasteiger partial charge < -0.3 is 5.32 Å². The average molecular weight is 257 g/mol. The van der Waals surface area contributed by atoms with E-state index in [2.05, 4.69) is 15.2 Å². The zero-order valence-corrected chi connectivity index (χ0v) is 10.6. The first-order valence-corrected chi connectivity index (χ1v) is 7.37. The first-order chi connectivity index (χ1) is 7.84. The van der Waals surface area contributed by atoms with E-state index in [4.69, 9.17) is 0 Å². The van der Waals surface area contributed by atoms with E-state index >= 15 is 0 Å². The number of thiazole rings is 1. The van der Waals surface area contributed by atoms with Crippen molar-refractivity contribution < 1.29 is 4.79 Å². The summed E-state index contributed by atoms with van der Waals surface area (Å²) in [5.41, 5.74) is 0. The Morgan fingerprint density at radius 3 is 3.25 bits per heavy atom. The third kappa shape index (κ3) is 3.77. The molecule has 1 fully saturated rings. The highest BCUT2D eigenvalue weighted by Crippen LogP contribution is 2.12. The van der Waals surface area contributed by atoms with Gasteiger partial charge in [-0.05, 0) is 18.7 Å². The lowest BCUT2D eigenvalue weighted by Crippen LogP contribution is -2.34. The van der Waals surface area contributed by atoms with Crippen LogP contribution in [0.2, 0.25) is 0 Å². The van der Waals surface area contributed by atoms with Gasteiger partial charge in [-0.15, -0.1) is 11.3 Å². The maximum Gasteiger partial charge on any atom is 0.240 e. The van der Waals surface area contributed by atoms with Crippen molar-refractivity contribution in [3.63, 3.8) is 0 Å². The summed E-state index contributed by atoms with van der Waals surface area (Å²) in [7, 11) is 0. The summed E-state index contributed by atoms with van der Waals surface area (Å²) in [6, 6.07) is 0. The fraction of sp³-hybridized carbons (Fsp3) is 0.600. The van der Waals surface area contributed by atoms with Gasteiger partial charge in [0, 0.05) is 23.9 Å². The quantitative estimate of drug-likeness (QED) is 0.892. The molecule has 1 aromatic rings. The summed E-state index contributed by atoms with van der Waals surface area (Å²) in [5, 5.41) is 5.36. The summed E-state index contributed by atoms with van der Waals surface area (Å²) >= 11 is 3.42. The number of hydrogen-bond acceptors (Lipinski definition) is 5. The summed E-state index contributed by atoms with van der Waals surface area (Å²) in [4.78, 5) is 17.9. The highest BCUT2D eigenvalue weighted by atomic mass is 32.2. The number of amides is 1. The minimum Gasteiger partial charge on any atom is -0.301 e. The molecule has 1 amide bonds. The van der Waals surface area contributed by atoms with Gasteiger partial charge in [-0.2, -0.15) is 11.8 Å². The van der Waals surface area contributed by atoms with E-state index in [0.29, 0.717) is 11.7 Å². The Bertz CT molecular complexity index is 321. The van der Waals surface area contributed by atoms with Crippen molar-refractivity contribution in [1.82, 2.24) is 9.88 Å². The molecular weight excluding hydrogens is 242 g/mol. The number of rotatable bonds is 3. The van der Waals surface area contributed by atoms with Gasteiger partial charge in [0.05, 0.1) is 6.54 Å². The lowest BCUT2D eigenvalue weighted by molar-refractivity contribution is -0.117. The second kappa shape index (κ2) is 6.22. The van der Waals surface area contributed by atoms with Gasteiger partial charge in [0.25, 0.3) is 0 Å². The molecule has 0 bridgehead atoms. The Balaban J connectivity index is 1.77. The molecule has 0 unspecified atom stereocenters. The number of nitrogens with zero attached hydrogens (tertiary/aromatic N) is 2. The van der Waals surface area contributed by atoms with Crippen LogP contribution in [0.5, 0.6) is 0 Å². The summed E-state index contributed by atoms with van der Waals surface area (Å²) < 4.78 is 0. The Morgan fingerprint density at radius 2 is 2.44 bits per heavy atom. The molecule has 2 rings (SSSR count). The monoisotopic (exact) mass is 257 g/mol. The van der Waals surface area contributed by atoms with Crippen LogP contribution in [0.1, 0.15) is 6.42 Å². The normalized spacial score (nSPS) is 18.0. The summed E-state index contributed by atoms with van der Waals surface area (Å²) in [6.45, 7) is 2.52. The molecule has 4 nitrogen and oxygen atoms in total. The lowest BCUT2D eigenvalue weighted by atomic mass is 10.4. The molecule has 2 heterocycles. The van der Waals surface area contributed by atoms with Crippen LogP contribution in [0.3, 0.4) is 0 Å². The molecule has 0 spiro atoms. The van der Waals surface area contributed by atoms with E-state index in [1.807, 2.05) is 17.1 Å². The molecule has 88 valence electrons. The number of thioether (sulfide) groups is 1. The van der Waals surface area contributed by atoms with Gasteiger partial charge >= 0.3 is 0 Å². The fourth-order valence-corrected chi connectivity index (χ4v) is 3.07. The van der Waals surface area contributed by atoms with E-state index in [1.165, 1.54) is 23.5 Å². The van der Waals surface area contributed by atoms with Crippen LogP contribution in [0, 0.1) is 0 Å². The third-order valence-corrected chi connectivity index (χ3v) is 4.10. The first kappa shape index (κ1) is 11.9. The van der Waals surface area contributed by atoms with Crippen molar-refractivity contribution >= 4 is 34.1 Å². The predicted molar refractivity (Wildman–Crippen MR) is 69.1 cm³/mol. The van der Waals surface area contributed by atoms with E-state index < -0.39 is 0 Å². The smallest absolute Gasteiger partial charge is 0.240 e. The predicted octanol–water partition coefficient (Wildman–Crippen LogP) is 1.52. The molecule has 0 aliphatic carbocycles. The van der Waals surface area contributed by atoms with Crippen molar-refractivity contribution in [2.75, 3.05) is 36.5 Å². The maximum absolute atomic E-state index is 11.7. The second-order valence-corrected chi connectivity index (χ2v) is 5.75.